The summed E-state index contributed by atoms with van der Waals surface area (Å²) in [5.74, 6) is -0.784. The number of carbonyl (C=O) groups is 4. The van der Waals surface area contributed by atoms with E-state index in [4.69, 9.17) is 9.84 Å². The van der Waals surface area contributed by atoms with Crippen molar-refractivity contribution in [3.8, 4) is 5.75 Å². The predicted octanol–water partition coefficient (Wildman–Crippen LogP) is 4.62. The van der Waals surface area contributed by atoms with Gasteiger partial charge in [-0.3, -0.25) is 9.69 Å². The maximum Gasteiger partial charge on any atom is 0.533 e. The van der Waals surface area contributed by atoms with Gasteiger partial charge in [0, 0.05) is 61.7 Å². The number of benzene rings is 2. The van der Waals surface area contributed by atoms with Crippen LogP contribution in [0.3, 0.4) is 0 Å². The Hall–Kier alpha value is -3.36. The number of piperidine rings is 3. The molecule has 2 atom stereocenters. The molecule has 3 saturated heterocycles. The van der Waals surface area contributed by atoms with E-state index < -0.39 is 18.2 Å². The molecule has 14 heteroatoms. The van der Waals surface area contributed by atoms with Crippen LogP contribution in [0.4, 0.5) is 15.3 Å². The first kappa shape index (κ1) is 35.5. The number of carbonyl (C=O) groups excluding carboxylic acids is 4. The summed E-state index contributed by atoms with van der Waals surface area (Å²) in [6, 6.07) is 10.8. The van der Waals surface area contributed by atoms with Crippen molar-refractivity contribution in [2.45, 2.75) is 82.0 Å². The fraction of sp³-hybridized carbons (Fsp3) is 0.543. The van der Waals surface area contributed by atoms with Crippen molar-refractivity contribution >= 4 is 61.5 Å². The Morgan fingerprint density at radius 2 is 1.55 bits per heavy atom. The molecule has 4 amide bonds. The highest BCUT2D eigenvalue weighted by atomic mass is 79.9. The summed E-state index contributed by atoms with van der Waals surface area (Å²) in [6.07, 6.45) is 4.41. The zero-order chi connectivity index (χ0) is 34.7. The van der Waals surface area contributed by atoms with E-state index in [1.165, 1.54) is 0 Å². The van der Waals surface area contributed by atoms with Crippen molar-refractivity contribution < 1.29 is 34.1 Å². The molecule has 4 aliphatic heterocycles. The van der Waals surface area contributed by atoms with E-state index in [0.717, 1.165) is 37.1 Å². The Morgan fingerprint density at radius 1 is 0.898 bits per heavy atom. The van der Waals surface area contributed by atoms with Crippen LogP contribution in [0.25, 0.3) is 0 Å². The SMILES string of the molecule is O=C([OH2+])[C@@H]1CCCCN1C1CCN(C(=O)[C@@H](Cc2cc(Br)c(O)c(Br)c2)OC(=O)N2CCC(N3CCc4ccccc4NC3=O)CC2)CC1. The molecule has 2 aromatic carbocycles. The van der Waals surface area contributed by atoms with Gasteiger partial charge in [0.25, 0.3) is 5.91 Å². The third-order valence-electron chi connectivity index (χ3n) is 10.4. The van der Waals surface area contributed by atoms with Crippen LogP contribution in [0, 0.1) is 0 Å². The lowest BCUT2D eigenvalue weighted by Crippen LogP contribution is -2.55. The topological polar surface area (TPSA) is 146 Å². The number of amides is 4. The molecule has 12 nitrogen and oxygen atoms in total. The van der Waals surface area contributed by atoms with E-state index in [9.17, 15) is 24.3 Å². The molecule has 4 aliphatic rings. The number of hydrogen-bond donors (Lipinski definition) is 2. The zero-order valence-electron chi connectivity index (χ0n) is 27.4. The summed E-state index contributed by atoms with van der Waals surface area (Å²) in [6.45, 7) is 3.10. The van der Waals surface area contributed by atoms with E-state index in [-0.39, 0.29) is 42.2 Å². The number of rotatable bonds is 7. The standard InChI is InChI=1S/C35H43Br2N5O7/c36-26-19-22(20-27(37)31(26)43)21-30(32(44)39-14-9-24(10-15-39)41-13-4-3-7-29(41)33(45)46)49-35(48)40-16-11-25(12-17-40)42-18-8-23-5-1-2-6-28(23)38-34(42)47/h1-2,5-6,19-20,24-25,29-30,43H,3-4,7-18,21H2,(H,38,47)(H,45,46)/p+1/t29-,30+/m0/s1. The number of nitrogens with one attached hydrogen (secondary N) is 1. The quantitative estimate of drug-likeness (QED) is 0.389. The molecule has 0 radical (unpaired) electrons. The van der Waals surface area contributed by atoms with Crippen LogP contribution < -0.4 is 5.32 Å². The summed E-state index contributed by atoms with van der Waals surface area (Å²) in [5.41, 5.74) is 2.64. The summed E-state index contributed by atoms with van der Waals surface area (Å²) in [5, 5.41) is 21.0. The molecule has 0 aliphatic carbocycles. The molecule has 0 spiro atoms. The summed E-state index contributed by atoms with van der Waals surface area (Å²) >= 11 is 6.73. The number of urea groups is 1. The van der Waals surface area contributed by atoms with Crippen LogP contribution in [-0.2, 0) is 27.2 Å². The Labute approximate surface area is 303 Å². The number of fused-ring (bicyclic) bond motifs is 1. The van der Waals surface area contributed by atoms with Gasteiger partial charge in [0.1, 0.15) is 5.75 Å². The van der Waals surface area contributed by atoms with E-state index in [1.54, 1.807) is 21.9 Å². The van der Waals surface area contributed by atoms with Gasteiger partial charge >= 0.3 is 18.1 Å². The molecular weight excluding hydrogens is 762 g/mol. The molecule has 6 rings (SSSR count). The maximum absolute atomic E-state index is 14.0. The molecule has 49 heavy (non-hydrogen) atoms. The molecule has 3 fully saturated rings. The predicted molar refractivity (Wildman–Crippen MR) is 191 cm³/mol. The van der Waals surface area contributed by atoms with Crippen molar-refractivity contribution in [3.05, 3.63) is 56.5 Å². The third-order valence-corrected chi connectivity index (χ3v) is 11.6. The summed E-state index contributed by atoms with van der Waals surface area (Å²) in [7, 11) is 0. The van der Waals surface area contributed by atoms with Crippen LogP contribution >= 0.6 is 31.9 Å². The van der Waals surface area contributed by atoms with Crippen LogP contribution in [-0.4, -0.2) is 117 Å². The first-order valence-corrected chi connectivity index (χ1v) is 18.8. The number of likely N-dealkylation sites (tertiary alicyclic amines) is 3. The monoisotopic (exact) mass is 804 g/mol. The molecule has 264 valence electrons. The van der Waals surface area contributed by atoms with E-state index in [1.807, 2.05) is 29.2 Å². The second-order valence-corrected chi connectivity index (χ2v) is 15.1. The van der Waals surface area contributed by atoms with Gasteiger partial charge in [-0.25, -0.2) is 9.59 Å². The van der Waals surface area contributed by atoms with Gasteiger partial charge in [0.05, 0.1) is 8.95 Å². The largest absolute Gasteiger partial charge is 0.564 e. The Bertz CT molecular complexity index is 1540. The van der Waals surface area contributed by atoms with Gasteiger partial charge in [0.15, 0.2) is 12.1 Å². The minimum atomic E-state index is -1.09. The molecule has 4 heterocycles. The number of aromatic hydroxyl groups is 1. The number of phenols is 1. The zero-order valence-corrected chi connectivity index (χ0v) is 30.6. The lowest BCUT2D eigenvalue weighted by molar-refractivity contribution is -0.148. The summed E-state index contributed by atoms with van der Waals surface area (Å²) in [4.78, 5) is 60.1. The van der Waals surface area contributed by atoms with Gasteiger partial charge in [0.2, 0.25) is 0 Å². The highest BCUT2D eigenvalue weighted by Crippen LogP contribution is 2.34. The molecule has 0 unspecified atom stereocenters. The molecule has 0 saturated carbocycles. The number of nitrogens with zero attached hydrogens (tertiary/aromatic N) is 4. The lowest BCUT2D eigenvalue weighted by Gasteiger charge is -2.42. The molecular formula is C35H44Br2N5O7+. The number of para-hydroxylation sites is 1. The van der Waals surface area contributed by atoms with Gasteiger partial charge < -0.3 is 35.0 Å². The second kappa shape index (κ2) is 15.7. The van der Waals surface area contributed by atoms with Crippen molar-refractivity contribution in [1.82, 2.24) is 19.6 Å². The molecule has 4 N–H and O–H groups in total. The van der Waals surface area contributed by atoms with Crippen LogP contribution in [0.1, 0.15) is 56.1 Å². The fourth-order valence-electron chi connectivity index (χ4n) is 7.72. The van der Waals surface area contributed by atoms with Gasteiger partial charge in [-0.15, -0.1) is 0 Å². The highest BCUT2D eigenvalue weighted by molar-refractivity contribution is 9.11. The van der Waals surface area contributed by atoms with Crippen molar-refractivity contribution in [2.24, 2.45) is 0 Å². The fourth-order valence-corrected chi connectivity index (χ4v) is 9.00. The molecule has 2 aromatic rings. The third kappa shape index (κ3) is 8.18. The Morgan fingerprint density at radius 3 is 2.24 bits per heavy atom. The van der Waals surface area contributed by atoms with Crippen LogP contribution in [0.5, 0.6) is 5.75 Å². The smallest absolute Gasteiger partial charge is 0.533 e. The number of ether oxygens (including phenoxy) is 1. The van der Waals surface area contributed by atoms with Crippen LogP contribution in [0.15, 0.2) is 45.3 Å². The van der Waals surface area contributed by atoms with Crippen molar-refractivity contribution in [3.63, 3.8) is 0 Å². The van der Waals surface area contributed by atoms with Crippen LogP contribution in [0.2, 0.25) is 0 Å². The number of anilines is 1. The second-order valence-electron chi connectivity index (χ2n) is 13.4. The van der Waals surface area contributed by atoms with E-state index in [0.29, 0.717) is 79.3 Å². The van der Waals surface area contributed by atoms with E-state index in [2.05, 4.69) is 42.1 Å². The van der Waals surface area contributed by atoms with Gasteiger partial charge in [-0.05, 0) is 119 Å². The first-order valence-electron chi connectivity index (χ1n) is 17.2. The average Bonchev–Trinajstić information content (AvgIpc) is 3.28. The number of hydrogen-bond acceptors (Lipinski definition) is 7. The minimum Gasteiger partial charge on any atom is -0.564 e. The van der Waals surface area contributed by atoms with E-state index >= 15 is 0 Å². The average molecular weight is 807 g/mol. The summed E-state index contributed by atoms with van der Waals surface area (Å²) < 4.78 is 6.92. The minimum absolute atomic E-state index is 0.0198. The van der Waals surface area contributed by atoms with Crippen molar-refractivity contribution in [2.75, 3.05) is 44.6 Å². The Kier molecular flexibility index (Phi) is 11.3. The molecule has 0 aromatic heterocycles. The molecule has 0 bridgehead atoms. The van der Waals surface area contributed by atoms with Gasteiger partial charge in [-0.2, -0.15) is 0 Å². The lowest BCUT2D eigenvalue weighted by atomic mass is 9.94. The Balaban J connectivity index is 1.09. The normalized spacial score (nSPS) is 21.8. The number of halogens is 2. The first-order chi connectivity index (χ1) is 23.6. The highest BCUT2D eigenvalue weighted by Gasteiger charge is 2.41. The van der Waals surface area contributed by atoms with Gasteiger partial charge in [-0.1, -0.05) is 18.2 Å². The maximum atomic E-state index is 14.0. The van der Waals surface area contributed by atoms with Crippen molar-refractivity contribution in [1.29, 1.82) is 0 Å². The number of phenolic OH excluding ortho intramolecular Hbond substituents is 1.